The average Bonchev–Trinajstić information content (AvgIpc) is 1.27. The van der Waals surface area contributed by atoms with Crippen LogP contribution in [0.1, 0.15) is 20.3 Å². The predicted octanol–water partition coefficient (Wildman–Crippen LogP) is 2.03. The second-order valence-electron chi connectivity index (χ2n) is 1.83. The van der Waals surface area contributed by atoms with E-state index in [1.807, 2.05) is 6.92 Å². The van der Waals surface area contributed by atoms with Crippen molar-refractivity contribution in [3.8, 4) is 0 Å². The van der Waals surface area contributed by atoms with Gasteiger partial charge in [0.1, 0.15) is 0 Å². The molecule has 1 unspecified atom stereocenters. The molecule has 0 rings (SSSR count). The van der Waals surface area contributed by atoms with Gasteiger partial charge in [-0.3, -0.25) is 0 Å². The number of thiol groups is 1. The fraction of sp³-hybridized carbons (Fsp3) is 0.800. The lowest BCUT2D eigenvalue weighted by atomic mass is 10.3. The number of hydrogen-bond acceptors (Lipinski definition) is 1. The molecule has 2 heteroatoms. The van der Waals surface area contributed by atoms with Gasteiger partial charge in [-0.15, -0.1) is 8.86 Å². The van der Waals surface area contributed by atoms with Crippen molar-refractivity contribution in [3.63, 3.8) is 0 Å². The monoisotopic (exact) mass is 134 g/mol. The molecule has 0 amide bonds. The molecule has 0 nitrogen and oxygen atoms in total. The van der Waals surface area contributed by atoms with Gasteiger partial charge in [-0.1, -0.05) is 12.2 Å². The Bertz CT molecular complexity index is 68.5. The zero-order valence-corrected chi connectivity index (χ0v) is 6.63. The molecule has 0 heterocycles. The van der Waals surface area contributed by atoms with Crippen LogP contribution in [-0.2, 0) is 0 Å². The van der Waals surface area contributed by atoms with Gasteiger partial charge in [-0.05, 0) is 13.3 Å². The lowest BCUT2D eigenvalue weighted by Gasteiger charge is -1.98. The van der Waals surface area contributed by atoms with Crippen LogP contribution in [0.25, 0.3) is 0 Å². The van der Waals surface area contributed by atoms with E-state index in [0.717, 1.165) is 6.42 Å². The summed E-state index contributed by atoms with van der Waals surface area (Å²) in [6.07, 6.45) is 1.06. The smallest absolute Gasteiger partial charge is 0.00288 e. The van der Waals surface area contributed by atoms with Gasteiger partial charge in [-0.25, -0.2) is 0 Å². The van der Waals surface area contributed by atoms with Gasteiger partial charge in [-0.2, -0.15) is 12.6 Å². The zero-order chi connectivity index (χ0) is 5.86. The third-order valence-electron chi connectivity index (χ3n) is 0.602. The molecule has 0 aromatic carbocycles. The summed E-state index contributed by atoms with van der Waals surface area (Å²) in [7, 11) is 3.39. The lowest BCUT2D eigenvalue weighted by Crippen LogP contribution is -1.95. The highest BCUT2D eigenvalue weighted by atomic mass is 32.1. The third-order valence-corrected chi connectivity index (χ3v) is 0.988. The van der Waals surface area contributed by atoms with E-state index in [4.69, 9.17) is 0 Å². The average molecular weight is 134 g/mol. The quantitative estimate of drug-likeness (QED) is 0.433. The van der Waals surface area contributed by atoms with Gasteiger partial charge < -0.3 is 0 Å². The maximum Gasteiger partial charge on any atom is 0.00288 e. The van der Waals surface area contributed by atoms with Crippen molar-refractivity contribution in [1.29, 1.82) is 0 Å². The molecular weight excluding hydrogens is 123 g/mol. The molecule has 0 saturated heterocycles. The molecule has 7 heavy (non-hydrogen) atoms. The molecular formula is C5H11PS. The molecule has 0 bridgehead atoms. The van der Waals surface area contributed by atoms with Crippen molar-refractivity contribution in [2.24, 2.45) is 0 Å². The van der Waals surface area contributed by atoms with Crippen molar-refractivity contribution in [1.82, 2.24) is 0 Å². The Hall–Kier alpha value is 0.520. The highest BCUT2D eigenvalue weighted by molar-refractivity contribution is 7.81. The van der Waals surface area contributed by atoms with Crippen LogP contribution in [0.15, 0.2) is 0 Å². The minimum atomic E-state index is 0.484. The maximum absolute atomic E-state index is 4.19. The second kappa shape index (κ2) is 3.51. The van der Waals surface area contributed by atoms with Gasteiger partial charge in [0.05, 0.1) is 0 Å². The van der Waals surface area contributed by atoms with Gasteiger partial charge in [0.25, 0.3) is 0 Å². The minimum absolute atomic E-state index is 0.484. The normalized spacial score (nSPS) is 13.6. The molecule has 0 N–H and O–H groups in total. The fourth-order valence-electron chi connectivity index (χ4n) is 0.443. The fourth-order valence-corrected chi connectivity index (χ4v) is 1.19. The molecule has 1 atom stereocenters. The topological polar surface area (TPSA) is 0 Å². The van der Waals surface area contributed by atoms with Crippen molar-refractivity contribution in [3.05, 3.63) is 0 Å². The van der Waals surface area contributed by atoms with Crippen LogP contribution in [0.3, 0.4) is 0 Å². The first kappa shape index (κ1) is 7.52. The molecule has 0 aliphatic rings. The highest BCUT2D eigenvalue weighted by Crippen LogP contribution is 2.00. The van der Waals surface area contributed by atoms with Crippen LogP contribution in [0.5, 0.6) is 0 Å². The Labute approximate surface area is 52.9 Å². The van der Waals surface area contributed by atoms with E-state index in [-0.39, 0.29) is 0 Å². The summed E-state index contributed by atoms with van der Waals surface area (Å²) in [4.78, 5) is 0. The van der Waals surface area contributed by atoms with Crippen LogP contribution in [0.2, 0.25) is 0 Å². The second-order valence-corrected chi connectivity index (χ2v) is 3.57. The molecule has 0 aromatic heterocycles. The summed E-state index contributed by atoms with van der Waals surface area (Å²) < 4.78 is 0. The largest absolute Gasteiger partial charge is 0.176 e. The van der Waals surface area contributed by atoms with Crippen LogP contribution >= 0.6 is 21.5 Å². The van der Waals surface area contributed by atoms with Crippen molar-refractivity contribution >= 4 is 26.8 Å². The lowest BCUT2D eigenvalue weighted by molar-refractivity contribution is 1.03. The van der Waals surface area contributed by atoms with Crippen LogP contribution in [-0.4, -0.2) is 10.5 Å². The predicted molar refractivity (Wildman–Crippen MR) is 42.1 cm³/mol. The van der Waals surface area contributed by atoms with Crippen LogP contribution in [0, 0.1) is 0 Å². The maximum atomic E-state index is 4.19. The Morgan fingerprint density at radius 3 is 2.29 bits per heavy atom. The first-order chi connectivity index (χ1) is 3.13. The zero-order valence-electron chi connectivity index (χ0n) is 4.73. The van der Waals surface area contributed by atoms with Crippen molar-refractivity contribution in [2.75, 3.05) is 0 Å². The standard InChI is InChI=1S/C5H11PS/c1-4(6)3-5(2)7/h5-7H,3H2,1-2H3. The summed E-state index contributed by atoms with van der Waals surface area (Å²) in [5.41, 5.74) is 0. The Morgan fingerprint density at radius 2 is 2.29 bits per heavy atom. The first-order valence-corrected chi connectivity index (χ1v) is 3.36. The summed E-state index contributed by atoms with van der Waals surface area (Å²) in [6, 6.07) is 0. The van der Waals surface area contributed by atoms with Crippen LogP contribution < -0.4 is 0 Å². The molecule has 0 aromatic rings. The van der Waals surface area contributed by atoms with Gasteiger partial charge in [0.2, 0.25) is 0 Å². The van der Waals surface area contributed by atoms with E-state index in [0.29, 0.717) is 5.25 Å². The SMILES string of the molecule is CC(=P)CC(C)S. The van der Waals surface area contributed by atoms with Gasteiger partial charge in [0, 0.05) is 5.25 Å². The summed E-state index contributed by atoms with van der Waals surface area (Å²) in [5, 5.41) is 1.75. The Kier molecular flexibility index (Phi) is 3.77. The Morgan fingerprint density at radius 1 is 1.86 bits per heavy atom. The van der Waals surface area contributed by atoms with E-state index in [1.165, 1.54) is 5.29 Å². The van der Waals surface area contributed by atoms with Crippen molar-refractivity contribution in [2.45, 2.75) is 25.5 Å². The van der Waals surface area contributed by atoms with E-state index in [1.54, 1.807) is 0 Å². The molecule has 0 aliphatic heterocycles. The summed E-state index contributed by atoms with van der Waals surface area (Å²) in [5.74, 6) is 0. The minimum Gasteiger partial charge on any atom is -0.176 e. The van der Waals surface area contributed by atoms with Crippen molar-refractivity contribution < 1.29 is 0 Å². The number of rotatable bonds is 2. The third kappa shape index (κ3) is 6.52. The van der Waals surface area contributed by atoms with Gasteiger partial charge >= 0.3 is 0 Å². The molecule has 0 aliphatic carbocycles. The Balaban J connectivity index is 3.13. The van der Waals surface area contributed by atoms with Gasteiger partial charge in [0.15, 0.2) is 0 Å². The molecule has 0 radical (unpaired) electrons. The molecule has 0 spiro atoms. The highest BCUT2D eigenvalue weighted by Gasteiger charge is 1.91. The van der Waals surface area contributed by atoms with E-state index < -0.39 is 0 Å². The van der Waals surface area contributed by atoms with E-state index in [2.05, 4.69) is 28.4 Å². The molecule has 0 fully saturated rings. The number of hydrogen-bond donors (Lipinski definition) is 1. The van der Waals surface area contributed by atoms with E-state index in [9.17, 15) is 0 Å². The summed E-state index contributed by atoms with van der Waals surface area (Å²) in [6.45, 7) is 4.12. The first-order valence-electron chi connectivity index (χ1n) is 2.35. The van der Waals surface area contributed by atoms with E-state index >= 15 is 0 Å². The molecule has 42 valence electrons. The molecule has 0 saturated carbocycles. The van der Waals surface area contributed by atoms with Crippen LogP contribution in [0.4, 0.5) is 0 Å². The summed E-state index contributed by atoms with van der Waals surface area (Å²) >= 11 is 4.19.